The molecule has 3 atom stereocenters. The highest BCUT2D eigenvalue weighted by atomic mass is 32.2. The lowest BCUT2D eigenvalue weighted by Gasteiger charge is -2.28. The number of fused-ring (bicyclic) bond motifs is 1. The fourth-order valence-electron chi connectivity index (χ4n) is 4.04. The summed E-state index contributed by atoms with van der Waals surface area (Å²) >= 11 is 1.70. The summed E-state index contributed by atoms with van der Waals surface area (Å²) in [6.07, 6.45) is 3.25. The number of rotatable bonds is 3. The Morgan fingerprint density at radius 2 is 1.96 bits per heavy atom. The van der Waals surface area contributed by atoms with Gasteiger partial charge in [0.25, 0.3) is 0 Å². The summed E-state index contributed by atoms with van der Waals surface area (Å²) in [5, 5.41) is 9.32. The molecule has 3 aliphatic rings. The van der Waals surface area contributed by atoms with Crippen molar-refractivity contribution in [1.29, 1.82) is 0 Å². The molecule has 1 amide bonds. The van der Waals surface area contributed by atoms with Gasteiger partial charge in [-0.1, -0.05) is 24.3 Å². The van der Waals surface area contributed by atoms with Crippen LogP contribution >= 0.6 is 11.8 Å². The zero-order valence-electron chi connectivity index (χ0n) is 13.0. The summed E-state index contributed by atoms with van der Waals surface area (Å²) in [5.41, 5.74) is 2.38. The monoisotopic (exact) mass is 331 g/mol. The molecule has 1 unspecified atom stereocenters. The molecule has 5 heteroatoms. The SMILES string of the molecule is O=C(O)[C@H]1CN(C(=O)C2SCCc3ccccc32)C[C@@H]1C1CC1. The van der Waals surface area contributed by atoms with E-state index >= 15 is 0 Å². The number of carbonyl (C=O) groups is 2. The van der Waals surface area contributed by atoms with Crippen LogP contribution in [0.4, 0.5) is 0 Å². The zero-order valence-corrected chi connectivity index (χ0v) is 13.8. The first-order valence-electron chi connectivity index (χ1n) is 8.36. The zero-order chi connectivity index (χ0) is 16.0. The Morgan fingerprint density at radius 1 is 1.17 bits per heavy atom. The minimum atomic E-state index is -0.742. The molecular weight excluding hydrogens is 310 g/mol. The van der Waals surface area contributed by atoms with Gasteiger partial charge in [0.2, 0.25) is 5.91 Å². The fourth-order valence-corrected chi connectivity index (χ4v) is 5.31. The Balaban J connectivity index is 1.55. The lowest BCUT2D eigenvalue weighted by Crippen LogP contribution is -2.34. The van der Waals surface area contributed by atoms with E-state index in [9.17, 15) is 14.7 Å². The van der Waals surface area contributed by atoms with Crippen molar-refractivity contribution in [3.8, 4) is 0 Å². The second kappa shape index (κ2) is 5.86. The van der Waals surface area contributed by atoms with Gasteiger partial charge < -0.3 is 10.0 Å². The summed E-state index contributed by atoms with van der Waals surface area (Å²) in [5.74, 6) is 0.608. The van der Waals surface area contributed by atoms with E-state index in [1.54, 1.807) is 11.8 Å². The highest BCUT2D eigenvalue weighted by Gasteiger charge is 2.48. The van der Waals surface area contributed by atoms with Gasteiger partial charge in [0, 0.05) is 13.1 Å². The number of thioether (sulfide) groups is 1. The first-order valence-corrected chi connectivity index (χ1v) is 9.41. The summed E-state index contributed by atoms with van der Waals surface area (Å²) in [4.78, 5) is 26.4. The van der Waals surface area contributed by atoms with Crippen LogP contribution < -0.4 is 0 Å². The van der Waals surface area contributed by atoms with Crippen LogP contribution in [-0.2, 0) is 16.0 Å². The van der Waals surface area contributed by atoms with E-state index in [0.717, 1.165) is 30.6 Å². The Labute approximate surface area is 140 Å². The molecule has 1 saturated heterocycles. The second-order valence-electron chi connectivity index (χ2n) is 6.89. The summed E-state index contributed by atoms with van der Waals surface area (Å²) in [7, 11) is 0. The van der Waals surface area contributed by atoms with Crippen LogP contribution in [-0.4, -0.2) is 40.7 Å². The van der Waals surface area contributed by atoms with Crippen molar-refractivity contribution in [1.82, 2.24) is 4.90 Å². The molecule has 122 valence electrons. The minimum Gasteiger partial charge on any atom is -0.481 e. The van der Waals surface area contributed by atoms with Gasteiger partial charge in [-0.3, -0.25) is 9.59 Å². The van der Waals surface area contributed by atoms with Crippen molar-refractivity contribution in [2.45, 2.75) is 24.5 Å². The van der Waals surface area contributed by atoms with Crippen LogP contribution in [0.2, 0.25) is 0 Å². The molecule has 0 bridgehead atoms. The number of aryl methyl sites for hydroxylation is 1. The molecule has 0 aromatic heterocycles. The number of hydrogen-bond acceptors (Lipinski definition) is 3. The number of amides is 1. The van der Waals surface area contributed by atoms with Gasteiger partial charge in [0.15, 0.2) is 0 Å². The number of carboxylic acid groups (broad SMARTS) is 1. The molecule has 0 radical (unpaired) electrons. The maximum Gasteiger partial charge on any atom is 0.308 e. The van der Waals surface area contributed by atoms with Crippen LogP contribution in [0.15, 0.2) is 24.3 Å². The van der Waals surface area contributed by atoms with E-state index in [2.05, 4.69) is 6.07 Å². The average molecular weight is 331 g/mol. The van der Waals surface area contributed by atoms with Crippen LogP contribution in [0.1, 0.15) is 29.2 Å². The molecule has 1 N–H and O–H groups in total. The molecule has 1 aliphatic carbocycles. The predicted molar refractivity (Wildman–Crippen MR) is 89.3 cm³/mol. The van der Waals surface area contributed by atoms with Gasteiger partial charge in [-0.25, -0.2) is 0 Å². The van der Waals surface area contributed by atoms with E-state index in [0.29, 0.717) is 19.0 Å². The van der Waals surface area contributed by atoms with Crippen LogP contribution in [0, 0.1) is 17.8 Å². The molecule has 2 fully saturated rings. The Morgan fingerprint density at radius 3 is 2.70 bits per heavy atom. The van der Waals surface area contributed by atoms with Crippen molar-refractivity contribution < 1.29 is 14.7 Å². The quantitative estimate of drug-likeness (QED) is 0.925. The van der Waals surface area contributed by atoms with Crippen molar-refractivity contribution in [2.75, 3.05) is 18.8 Å². The van der Waals surface area contributed by atoms with E-state index in [1.165, 1.54) is 5.56 Å². The number of likely N-dealkylation sites (tertiary alicyclic amines) is 1. The Kier molecular flexibility index (Phi) is 3.84. The lowest BCUT2D eigenvalue weighted by molar-refractivity contribution is -0.142. The standard InChI is InChI=1S/C18H21NO3S/c20-17(16-13-4-2-1-3-11(13)7-8-23-16)19-9-14(12-5-6-12)15(10-19)18(21)22/h1-4,12,14-16H,5-10H2,(H,21,22)/t14-,15+,16?/m1/s1. The first-order chi connectivity index (χ1) is 11.1. The van der Waals surface area contributed by atoms with Gasteiger partial charge in [0.05, 0.1) is 5.92 Å². The number of nitrogens with zero attached hydrogens (tertiary/aromatic N) is 1. The van der Waals surface area contributed by atoms with Gasteiger partial charge in [-0.2, -0.15) is 0 Å². The average Bonchev–Trinajstić information content (AvgIpc) is 3.31. The normalized spacial score (nSPS) is 30.1. The summed E-state index contributed by atoms with van der Waals surface area (Å²) in [6, 6.07) is 8.16. The Hall–Kier alpha value is -1.49. The molecule has 0 spiro atoms. The largest absolute Gasteiger partial charge is 0.481 e. The second-order valence-corrected chi connectivity index (χ2v) is 8.10. The molecule has 23 heavy (non-hydrogen) atoms. The molecular formula is C18H21NO3S. The number of aliphatic carboxylic acids is 1. The van der Waals surface area contributed by atoms with E-state index in [1.807, 2.05) is 23.1 Å². The Bertz CT molecular complexity index is 643. The summed E-state index contributed by atoms with van der Waals surface area (Å²) < 4.78 is 0. The van der Waals surface area contributed by atoms with Gasteiger partial charge in [-0.05, 0) is 48.0 Å². The lowest BCUT2D eigenvalue weighted by atomic mass is 9.92. The number of benzene rings is 1. The highest BCUT2D eigenvalue weighted by molar-refractivity contribution is 8.00. The van der Waals surface area contributed by atoms with Gasteiger partial charge >= 0.3 is 5.97 Å². The molecule has 1 aromatic carbocycles. The van der Waals surface area contributed by atoms with Gasteiger partial charge in [0.1, 0.15) is 5.25 Å². The van der Waals surface area contributed by atoms with E-state index in [4.69, 9.17) is 0 Å². The van der Waals surface area contributed by atoms with Crippen molar-refractivity contribution >= 4 is 23.6 Å². The van der Waals surface area contributed by atoms with Gasteiger partial charge in [-0.15, -0.1) is 11.8 Å². The van der Waals surface area contributed by atoms with Crippen molar-refractivity contribution in [3.05, 3.63) is 35.4 Å². The maximum absolute atomic E-state index is 13.0. The van der Waals surface area contributed by atoms with Crippen molar-refractivity contribution in [3.63, 3.8) is 0 Å². The van der Waals surface area contributed by atoms with E-state index < -0.39 is 5.97 Å². The molecule has 2 aliphatic heterocycles. The first kappa shape index (κ1) is 15.1. The third-order valence-corrected chi connectivity index (χ3v) is 6.67. The topological polar surface area (TPSA) is 57.6 Å². The summed E-state index contributed by atoms with van der Waals surface area (Å²) in [6.45, 7) is 1.01. The smallest absolute Gasteiger partial charge is 0.308 e. The predicted octanol–water partition coefficient (Wildman–Crippen LogP) is 2.59. The molecule has 1 saturated carbocycles. The molecule has 1 aromatic rings. The van der Waals surface area contributed by atoms with Crippen LogP contribution in [0.25, 0.3) is 0 Å². The minimum absolute atomic E-state index is 0.108. The molecule has 2 heterocycles. The fraction of sp³-hybridized carbons (Fsp3) is 0.556. The number of carbonyl (C=O) groups excluding carboxylic acids is 1. The molecule has 4 nitrogen and oxygen atoms in total. The van der Waals surface area contributed by atoms with Crippen LogP contribution in [0.5, 0.6) is 0 Å². The molecule has 4 rings (SSSR count). The van der Waals surface area contributed by atoms with Crippen LogP contribution in [0.3, 0.4) is 0 Å². The number of carboxylic acids is 1. The third kappa shape index (κ3) is 2.75. The van der Waals surface area contributed by atoms with Crippen molar-refractivity contribution in [2.24, 2.45) is 17.8 Å². The maximum atomic E-state index is 13.0. The highest BCUT2D eigenvalue weighted by Crippen LogP contribution is 2.46. The third-order valence-electron chi connectivity index (χ3n) is 5.44. The van der Waals surface area contributed by atoms with E-state index in [-0.39, 0.29) is 23.0 Å². The number of hydrogen-bond donors (Lipinski definition) is 1.